The summed E-state index contributed by atoms with van der Waals surface area (Å²) in [5, 5.41) is 3.25. The fraction of sp³-hybridized carbons (Fsp3) is 0.262. The van der Waals surface area contributed by atoms with Gasteiger partial charge in [0.05, 0.1) is 5.58 Å². The van der Waals surface area contributed by atoms with Gasteiger partial charge in [-0.15, -0.1) is 54.1 Å². The summed E-state index contributed by atoms with van der Waals surface area (Å²) in [6.07, 6.45) is 5.68. The van der Waals surface area contributed by atoms with Crippen LogP contribution in [0.4, 0.5) is 0 Å². The zero-order valence-corrected chi connectivity index (χ0v) is 30.6. The van der Waals surface area contributed by atoms with Crippen molar-refractivity contribution in [2.24, 2.45) is 10.8 Å². The Morgan fingerprint density at radius 3 is 2.15 bits per heavy atom. The first kappa shape index (κ1) is 34.2. The molecule has 241 valence electrons. The molecule has 0 bridgehead atoms. The van der Waals surface area contributed by atoms with Gasteiger partial charge >= 0.3 is 0 Å². The maximum Gasteiger partial charge on any atom is 0.147 e. The second-order valence-corrected chi connectivity index (χ2v) is 14.5. The number of nitrogens with zero attached hydrogens (tertiary/aromatic N) is 3. The van der Waals surface area contributed by atoms with E-state index < -0.39 is 0 Å². The molecule has 3 aromatic carbocycles. The van der Waals surface area contributed by atoms with E-state index in [1.165, 1.54) is 11.1 Å². The van der Waals surface area contributed by atoms with Crippen molar-refractivity contribution < 1.29 is 24.5 Å². The largest absolute Gasteiger partial charge is 0.498 e. The molecule has 0 saturated heterocycles. The predicted molar refractivity (Wildman–Crippen MR) is 191 cm³/mol. The molecule has 0 spiro atoms. The van der Waals surface area contributed by atoms with E-state index in [0.29, 0.717) is 0 Å². The van der Waals surface area contributed by atoms with E-state index >= 15 is 0 Å². The Morgan fingerprint density at radius 1 is 0.702 bits per heavy atom. The number of hydrogen-bond donors (Lipinski definition) is 0. The van der Waals surface area contributed by atoms with Gasteiger partial charge in [-0.25, -0.2) is 4.98 Å². The van der Waals surface area contributed by atoms with Crippen LogP contribution in [0.1, 0.15) is 58.4 Å². The number of hydrogen-bond acceptors (Lipinski definition) is 4. The van der Waals surface area contributed by atoms with Crippen LogP contribution in [0.5, 0.6) is 0 Å². The Bertz CT molecular complexity index is 2080. The molecule has 4 heterocycles. The van der Waals surface area contributed by atoms with Crippen LogP contribution in [-0.4, -0.2) is 15.0 Å². The molecule has 0 fully saturated rings. The van der Waals surface area contributed by atoms with Crippen molar-refractivity contribution in [1.82, 2.24) is 15.0 Å². The van der Waals surface area contributed by atoms with Gasteiger partial charge in [-0.2, -0.15) is 0 Å². The average Bonchev–Trinajstić information content (AvgIpc) is 3.42. The van der Waals surface area contributed by atoms with Crippen LogP contribution >= 0.6 is 0 Å². The fourth-order valence-electron chi connectivity index (χ4n) is 5.79. The normalized spacial score (nSPS) is 11.7. The summed E-state index contributed by atoms with van der Waals surface area (Å²) in [4.78, 5) is 14.0. The van der Waals surface area contributed by atoms with E-state index in [1.54, 1.807) is 6.20 Å². The van der Waals surface area contributed by atoms with Crippen LogP contribution in [-0.2, 0) is 32.9 Å². The first-order valence-electron chi connectivity index (χ1n) is 15.9. The molecule has 0 unspecified atom stereocenters. The van der Waals surface area contributed by atoms with Gasteiger partial charge < -0.3 is 14.4 Å². The van der Waals surface area contributed by atoms with Crippen LogP contribution < -0.4 is 0 Å². The number of aromatic nitrogens is 3. The van der Waals surface area contributed by atoms with Crippen LogP contribution in [0, 0.1) is 29.9 Å². The maximum absolute atomic E-state index is 6.57. The predicted octanol–water partition coefficient (Wildman–Crippen LogP) is 11.0. The van der Waals surface area contributed by atoms with E-state index in [0.717, 1.165) is 73.9 Å². The SMILES string of the molecule is Cc1cnc(-c2[c-]ccc3c2oc2c3ccc3ccc(CC(C)(C)C)nc32)cc1CC(C)(C)C.[Ir].[c-]1ccccc1-c1ccccn1. The van der Waals surface area contributed by atoms with E-state index in [1.807, 2.05) is 54.7 Å². The second-order valence-electron chi connectivity index (χ2n) is 14.5. The molecule has 7 rings (SSSR count). The van der Waals surface area contributed by atoms with Crippen molar-refractivity contribution in [3.05, 3.63) is 126 Å². The molecule has 4 nitrogen and oxygen atoms in total. The van der Waals surface area contributed by atoms with Crippen LogP contribution in [0.15, 0.2) is 102 Å². The van der Waals surface area contributed by atoms with E-state index in [-0.39, 0.29) is 30.9 Å². The Labute approximate surface area is 292 Å². The van der Waals surface area contributed by atoms with Crippen molar-refractivity contribution in [3.63, 3.8) is 0 Å². The Morgan fingerprint density at radius 2 is 1.45 bits per heavy atom. The summed E-state index contributed by atoms with van der Waals surface area (Å²) in [5.41, 5.74) is 10.4. The maximum atomic E-state index is 6.57. The molecular weight excluding hydrogens is 755 g/mol. The zero-order chi connectivity index (χ0) is 32.5. The molecule has 0 aliphatic carbocycles. The van der Waals surface area contributed by atoms with Gasteiger partial charge in [0, 0.05) is 49.0 Å². The van der Waals surface area contributed by atoms with Crippen LogP contribution in [0.3, 0.4) is 0 Å². The summed E-state index contributed by atoms with van der Waals surface area (Å²) in [7, 11) is 0. The molecule has 1 radical (unpaired) electrons. The topological polar surface area (TPSA) is 51.8 Å². The molecule has 4 aromatic heterocycles. The molecule has 0 saturated carbocycles. The molecule has 0 aliphatic heterocycles. The number of pyridine rings is 3. The van der Waals surface area contributed by atoms with Crippen molar-refractivity contribution in [3.8, 4) is 22.5 Å². The summed E-state index contributed by atoms with van der Waals surface area (Å²) in [6.45, 7) is 15.7. The quantitative estimate of drug-likeness (QED) is 0.167. The van der Waals surface area contributed by atoms with Crippen molar-refractivity contribution in [1.29, 1.82) is 0 Å². The van der Waals surface area contributed by atoms with E-state index in [9.17, 15) is 0 Å². The number of furan rings is 1. The number of rotatable bonds is 4. The number of benzene rings is 3. The first-order valence-corrected chi connectivity index (χ1v) is 15.9. The van der Waals surface area contributed by atoms with Gasteiger partial charge in [0.1, 0.15) is 11.1 Å². The molecule has 7 aromatic rings. The van der Waals surface area contributed by atoms with Gasteiger partial charge in [0.25, 0.3) is 0 Å². The summed E-state index contributed by atoms with van der Waals surface area (Å²) in [5.74, 6) is 0. The van der Waals surface area contributed by atoms with Gasteiger partial charge in [0.2, 0.25) is 0 Å². The summed E-state index contributed by atoms with van der Waals surface area (Å²) in [6, 6.07) is 35.1. The van der Waals surface area contributed by atoms with Gasteiger partial charge in [-0.05, 0) is 59.7 Å². The molecule has 0 atom stereocenters. The minimum Gasteiger partial charge on any atom is -0.498 e. The number of aryl methyl sites for hydroxylation is 1. The summed E-state index contributed by atoms with van der Waals surface area (Å²) < 4.78 is 6.57. The summed E-state index contributed by atoms with van der Waals surface area (Å²) >= 11 is 0. The third-order valence-electron chi connectivity index (χ3n) is 7.87. The van der Waals surface area contributed by atoms with Crippen molar-refractivity contribution in [2.45, 2.75) is 61.3 Å². The molecule has 5 heteroatoms. The van der Waals surface area contributed by atoms with E-state index in [2.05, 4.69) is 102 Å². The van der Waals surface area contributed by atoms with Crippen LogP contribution in [0.25, 0.3) is 55.4 Å². The standard InChI is InChI=1S/C31H33N2O.C11H8N.Ir/c1-19-18-32-26(15-21(19)16-30(2,3)4)25-10-8-9-23-24-14-12-20-11-13-22(17-31(5,6)7)33-27(20)29(24)34-28(23)25;1-2-6-10(7-3-1)11-8-4-5-9-12-11;/h8-9,11-15,18H,16-17H2,1-7H3;1-6,8-9H;/q2*-1;. The second kappa shape index (κ2) is 13.9. The van der Waals surface area contributed by atoms with Gasteiger partial charge in [-0.3, -0.25) is 0 Å². The van der Waals surface area contributed by atoms with Gasteiger partial charge in [0.15, 0.2) is 0 Å². The molecule has 0 aliphatic rings. The van der Waals surface area contributed by atoms with Gasteiger partial charge in [-0.1, -0.05) is 94.5 Å². The Kier molecular flexibility index (Phi) is 10.1. The fourth-order valence-corrected chi connectivity index (χ4v) is 5.79. The Hall–Kier alpha value is -4.18. The average molecular weight is 796 g/mol. The van der Waals surface area contributed by atoms with Crippen molar-refractivity contribution >= 4 is 32.8 Å². The van der Waals surface area contributed by atoms with Crippen molar-refractivity contribution in [2.75, 3.05) is 0 Å². The molecule has 0 amide bonds. The molecule has 0 N–H and O–H groups in total. The third kappa shape index (κ3) is 8.04. The van der Waals surface area contributed by atoms with Crippen LogP contribution in [0.2, 0.25) is 0 Å². The first-order chi connectivity index (χ1) is 21.9. The third-order valence-corrected chi connectivity index (χ3v) is 7.87. The smallest absolute Gasteiger partial charge is 0.147 e. The van der Waals surface area contributed by atoms with E-state index in [4.69, 9.17) is 14.4 Å². The molecule has 47 heavy (non-hydrogen) atoms. The zero-order valence-electron chi connectivity index (χ0n) is 28.2. The number of fused-ring (bicyclic) bond motifs is 5. The monoisotopic (exact) mass is 796 g/mol. The minimum absolute atomic E-state index is 0. The minimum atomic E-state index is 0. The Balaban J connectivity index is 0.000000280. The molecular formula is C42H41IrN3O-2.